The molecule has 0 saturated carbocycles. The quantitative estimate of drug-likeness (QED) is 0.762. The standard InChI is InChI=1S/C15H14N6O2/c22-15-12-7-21(6-11-5-18-9-23-11)2-1-13(12)19-14(20-15)10-3-16-8-17-4-10/h3-5,8-9H,1-2,6-7H2,(H,19,20,22). The minimum atomic E-state index is -0.115. The number of nitrogens with zero attached hydrogens (tertiary/aromatic N) is 5. The summed E-state index contributed by atoms with van der Waals surface area (Å²) in [5.74, 6) is 1.30. The maximum atomic E-state index is 12.4. The Balaban J connectivity index is 1.62. The summed E-state index contributed by atoms with van der Waals surface area (Å²) in [4.78, 5) is 33.8. The summed E-state index contributed by atoms with van der Waals surface area (Å²) in [7, 11) is 0. The lowest BCUT2D eigenvalue weighted by atomic mass is 10.1. The Bertz CT molecular complexity index is 859. The van der Waals surface area contributed by atoms with Crippen LogP contribution in [0, 0.1) is 0 Å². The highest BCUT2D eigenvalue weighted by atomic mass is 16.3. The minimum absolute atomic E-state index is 0.115. The van der Waals surface area contributed by atoms with E-state index in [1.165, 1.54) is 12.7 Å². The molecule has 0 radical (unpaired) electrons. The van der Waals surface area contributed by atoms with Crippen LogP contribution in [0.25, 0.3) is 11.4 Å². The second-order valence-electron chi connectivity index (χ2n) is 5.40. The van der Waals surface area contributed by atoms with E-state index in [4.69, 9.17) is 4.42 Å². The first-order valence-corrected chi connectivity index (χ1v) is 7.27. The Morgan fingerprint density at radius 3 is 2.87 bits per heavy atom. The monoisotopic (exact) mass is 310 g/mol. The zero-order valence-electron chi connectivity index (χ0n) is 12.3. The summed E-state index contributed by atoms with van der Waals surface area (Å²) in [5.41, 5.74) is 2.13. The summed E-state index contributed by atoms with van der Waals surface area (Å²) in [6.45, 7) is 1.99. The molecule has 4 heterocycles. The van der Waals surface area contributed by atoms with Crippen molar-refractivity contribution in [3.05, 3.63) is 58.7 Å². The Hall–Kier alpha value is -2.87. The average Bonchev–Trinajstić information content (AvgIpc) is 3.09. The summed E-state index contributed by atoms with van der Waals surface area (Å²) >= 11 is 0. The van der Waals surface area contributed by atoms with Gasteiger partial charge in [-0.25, -0.2) is 19.9 Å². The molecule has 0 atom stereocenters. The van der Waals surface area contributed by atoms with Crippen LogP contribution in [-0.2, 0) is 19.5 Å². The number of hydrogen-bond donors (Lipinski definition) is 1. The van der Waals surface area contributed by atoms with Crippen LogP contribution >= 0.6 is 0 Å². The molecule has 0 aromatic carbocycles. The third kappa shape index (κ3) is 2.76. The van der Waals surface area contributed by atoms with Gasteiger partial charge in [-0.1, -0.05) is 0 Å². The predicted octanol–water partition coefficient (Wildman–Crippen LogP) is 0.773. The molecular weight excluding hydrogens is 296 g/mol. The molecule has 3 aromatic rings. The number of oxazole rings is 1. The number of aromatic nitrogens is 5. The van der Waals surface area contributed by atoms with Gasteiger partial charge in [0, 0.05) is 31.9 Å². The molecule has 1 N–H and O–H groups in total. The minimum Gasteiger partial charge on any atom is -0.447 e. The fourth-order valence-corrected chi connectivity index (χ4v) is 2.71. The van der Waals surface area contributed by atoms with Gasteiger partial charge in [0.05, 0.1) is 29.6 Å². The molecule has 8 nitrogen and oxygen atoms in total. The van der Waals surface area contributed by atoms with Crippen LogP contribution in [0.4, 0.5) is 0 Å². The van der Waals surface area contributed by atoms with Crippen molar-refractivity contribution in [2.45, 2.75) is 19.5 Å². The normalized spacial score (nSPS) is 14.6. The van der Waals surface area contributed by atoms with E-state index in [0.29, 0.717) is 36.5 Å². The number of rotatable bonds is 3. The van der Waals surface area contributed by atoms with Crippen LogP contribution in [-0.4, -0.2) is 36.4 Å². The van der Waals surface area contributed by atoms with E-state index in [-0.39, 0.29) is 5.56 Å². The van der Waals surface area contributed by atoms with E-state index in [1.54, 1.807) is 18.6 Å². The molecule has 4 rings (SSSR count). The molecule has 3 aromatic heterocycles. The molecule has 23 heavy (non-hydrogen) atoms. The average molecular weight is 310 g/mol. The molecule has 8 heteroatoms. The summed E-state index contributed by atoms with van der Waals surface area (Å²) in [5, 5.41) is 0. The highest BCUT2D eigenvalue weighted by molar-refractivity contribution is 5.52. The molecule has 116 valence electrons. The van der Waals surface area contributed by atoms with Gasteiger partial charge in [0.2, 0.25) is 0 Å². The first-order chi connectivity index (χ1) is 11.3. The Morgan fingerprint density at radius 2 is 2.09 bits per heavy atom. The van der Waals surface area contributed by atoms with Gasteiger partial charge in [0.25, 0.3) is 5.56 Å². The van der Waals surface area contributed by atoms with E-state index in [2.05, 4.69) is 29.8 Å². The first-order valence-electron chi connectivity index (χ1n) is 7.27. The number of H-pyrrole nitrogens is 1. The number of aromatic amines is 1. The third-order valence-electron chi connectivity index (χ3n) is 3.84. The van der Waals surface area contributed by atoms with Gasteiger partial charge in [-0.05, 0) is 0 Å². The third-order valence-corrected chi connectivity index (χ3v) is 3.84. The van der Waals surface area contributed by atoms with Crippen LogP contribution in [0.2, 0.25) is 0 Å². The van der Waals surface area contributed by atoms with E-state index in [0.717, 1.165) is 18.0 Å². The van der Waals surface area contributed by atoms with Crippen LogP contribution in [0.15, 0.2) is 40.5 Å². The number of hydrogen-bond acceptors (Lipinski definition) is 7. The van der Waals surface area contributed by atoms with E-state index < -0.39 is 0 Å². The van der Waals surface area contributed by atoms with Gasteiger partial charge in [0.15, 0.2) is 6.39 Å². The molecular formula is C15H14N6O2. The van der Waals surface area contributed by atoms with Crippen molar-refractivity contribution < 1.29 is 4.42 Å². The predicted molar refractivity (Wildman–Crippen MR) is 80.2 cm³/mol. The molecule has 1 aliphatic rings. The Labute approximate surface area is 131 Å². The first kappa shape index (κ1) is 13.8. The smallest absolute Gasteiger partial charge is 0.255 e. The van der Waals surface area contributed by atoms with Gasteiger partial charge in [-0.2, -0.15) is 0 Å². The SMILES string of the molecule is O=c1[nH]c(-c2cncnc2)nc2c1CN(Cc1cnco1)CC2. The van der Waals surface area contributed by atoms with Crippen LogP contribution in [0.5, 0.6) is 0 Å². The van der Waals surface area contributed by atoms with Crippen LogP contribution < -0.4 is 5.56 Å². The number of nitrogens with one attached hydrogen (secondary N) is 1. The Kier molecular flexibility index (Phi) is 3.43. The van der Waals surface area contributed by atoms with Crippen molar-refractivity contribution in [1.82, 2.24) is 29.8 Å². The van der Waals surface area contributed by atoms with E-state index in [9.17, 15) is 4.79 Å². The summed E-state index contributed by atoms with van der Waals surface area (Å²) in [6, 6.07) is 0. The van der Waals surface area contributed by atoms with Crippen molar-refractivity contribution in [3.63, 3.8) is 0 Å². The second-order valence-corrected chi connectivity index (χ2v) is 5.40. The molecule has 0 bridgehead atoms. The topological polar surface area (TPSA) is 101 Å². The van der Waals surface area contributed by atoms with Gasteiger partial charge < -0.3 is 9.40 Å². The van der Waals surface area contributed by atoms with Gasteiger partial charge in [0.1, 0.15) is 17.9 Å². The molecule has 0 saturated heterocycles. The van der Waals surface area contributed by atoms with Gasteiger partial charge in [-0.3, -0.25) is 9.69 Å². The molecule has 0 unspecified atom stereocenters. The fourth-order valence-electron chi connectivity index (χ4n) is 2.71. The van der Waals surface area contributed by atoms with E-state index in [1.807, 2.05) is 0 Å². The van der Waals surface area contributed by atoms with Crippen LogP contribution in [0.3, 0.4) is 0 Å². The molecule has 1 aliphatic heterocycles. The summed E-state index contributed by atoms with van der Waals surface area (Å²) in [6.07, 6.45) is 8.54. The number of fused-ring (bicyclic) bond motifs is 1. The Morgan fingerprint density at radius 1 is 1.22 bits per heavy atom. The van der Waals surface area contributed by atoms with Crippen molar-refractivity contribution in [2.24, 2.45) is 0 Å². The van der Waals surface area contributed by atoms with Crippen molar-refractivity contribution in [2.75, 3.05) is 6.54 Å². The zero-order valence-corrected chi connectivity index (χ0v) is 12.3. The molecule has 0 fully saturated rings. The van der Waals surface area contributed by atoms with E-state index >= 15 is 0 Å². The molecule has 0 amide bonds. The highest BCUT2D eigenvalue weighted by Crippen LogP contribution is 2.19. The largest absolute Gasteiger partial charge is 0.447 e. The van der Waals surface area contributed by atoms with Crippen molar-refractivity contribution in [3.8, 4) is 11.4 Å². The maximum Gasteiger partial charge on any atom is 0.255 e. The lowest BCUT2D eigenvalue weighted by molar-refractivity contribution is 0.222. The van der Waals surface area contributed by atoms with Gasteiger partial charge >= 0.3 is 0 Å². The van der Waals surface area contributed by atoms with Gasteiger partial charge in [-0.15, -0.1) is 0 Å². The highest BCUT2D eigenvalue weighted by Gasteiger charge is 2.22. The summed E-state index contributed by atoms with van der Waals surface area (Å²) < 4.78 is 5.26. The maximum absolute atomic E-state index is 12.4. The fraction of sp³-hybridized carbons (Fsp3) is 0.267. The van der Waals surface area contributed by atoms with Crippen molar-refractivity contribution >= 4 is 0 Å². The second kappa shape index (κ2) is 5.73. The molecule has 0 spiro atoms. The lowest BCUT2D eigenvalue weighted by Gasteiger charge is -2.26. The molecule has 0 aliphatic carbocycles. The zero-order chi connectivity index (χ0) is 15.6. The lowest BCUT2D eigenvalue weighted by Crippen LogP contribution is -2.35. The van der Waals surface area contributed by atoms with Crippen LogP contribution in [0.1, 0.15) is 17.0 Å². The van der Waals surface area contributed by atoms with Crippen molar-refractivity contribution in [1.29, 1.82) is 0 Å².